The largest absolute Gasteiger partial charge is 0.480 e. The molecule has 1 aliphatic rings. The van der Waals surface area contributed by atoms with Crippen molar-refractivity contribution in [3.05, 3.63) is 64.5 Å². The SMILES string of the molecule is Cc1cc(N2C[C@H](S(=O)(=O)c3ccccc3Cl)C[C@H]2C(=O)O)n(-c2ccnc(Cl)c2)n1. The molecular weight excluding hydrogens is 463 g/mol. The van der Waals surface area contributed by atoms with Crippen LogP contribution in [0.3, 0.4) is 0 Å². The number of sulfone groups is 1. The second-order valence-corrected chi connectivity index (χ2v) is 10.2. The van der Waals surface area contributed by atoms with Crippen LogP contribution in [0.2, 0.25) is 10.2 Å². The molecule has 11 heteroatoms. The van der Waals surface area contributed by atoms with Crippen molar-refractivity contribution in [2.45, 2.75) is 29.5 Å². The van der Waals surface area contributed by atoms with Crippen molar-refractivity contribution >= 4 is 44.8 Å². The Bertz CT molecular complexity index is 1260. The molecule has 1 aliphatic heterocycles. The normalized spacial score (nSPS) is 19.0. The van der Waals surface area contributed by atoms with Crippen molar-refractivity contribution in [1.29, 1.82) is 0 Å². The summed E-state index contributed by atoms with van der Waals surface area (Å²) in [4.78, 5) is 17.5. The van der Waals surface area contributed by atoms with Gasteiger partial charge in [-0.2, -0.15) is 5.10 Å². The number of carboxylic acid groups (broad SMARTS) is 1. The van der Waals surface area contributed by atoms with Gasteiger partial charge < -0.3 is 10.0 Å². The highest BCUT2D eigenvalue weighted by molar-refractivity contribution is 7.92. The Kier molecular flexibility index (Phi) is 5.67. The number of rotatable bonds is 5. The monoisotopic (exact) mass is 480 g/mol. The smallest absolute Gasteiger partial charge is 0.326 e. The molecule has 1 aromatic carbocycles. The van der Waals surface area contributed by atoms with Crippen molar-refractivity contribution in [2.75, 3.05) is 11.4 Å². The highest BCUT2D eigenvalue weighted by Gasteiger charge is 2.45. The maximum atomic E-state index is 13.3. The first-order chi connectivity index (χ1) is 14.7. The molecule has 0 radical (unpaired) electrons. The number of hydrogen-bond acceptors (Lipinski definition) is 6. The second-order valence-electron chi connectivity index (χ2n) is 7.23. The summed E-state index contributed by atoms with van der Waals surface area (Å²) in [6, 6.07) is 10.1. The molecule has 31 heavy (non-hydrogen) atoms. The lowest BCUT2D eigenvalue weighted by molar-refractivity contribution is -0.138. The lowest BCUT2D eigenvalue weighted by Crippen LogP contribution is -2.37. The molecule has 0 unspecified atom stereocenters. The van der Waals surface area contributed by atoms with Crippen molar-refractivity contribution in [3.63, 3.8) is 0 Å². The van der Waals surface area contributed by atoms with Gasteiger partial charge in [-0.05, 0) is 31.5 Å². The second kappa shape index (κ2) is 8.14. The van der Waals surface area contributed by atoms with Crippen LogP contribution in [0.5, 0.6) is 0 Å². The predicted octanol–water partition coefficient (Wildman–Crippen LogP) is 3.39. The fourth-order valence-electron chi connectivity index (χ4n) is 3.77. The number of nitrogens with zero attached hydrogens (tertiary/aromatic N) is 4. The van der Waals surface area contributed by atoms with E-state index in [1.54, 1.807) is 46.8 Å². The molecule has 0 bridgehead atoms. The van der Waals surface area contributed by atoms with Crippen LogP contribution in [0.25, 0.3) is 5.69 Å². The van der Waals surface area contributed by atoms with Crippen molar-refractivity contribution in [3.8, 4) is 5.69 Å². The third-order valence-electron chi connectivity index (χ3n) is 5.19. The first-order valence-corrected chi connectivity index (χ1v) is 11.6. The maximum absolute atomic E-state index is 13.3. The van der Waals surface area contributed by atoms with Crippen LogP contribution in [-0.4, -0.2) is 52.1 Å². The van der Waals surface area contributed by atoms with E-state index in [-0.39, 0.29) is 28.0 Å². The van der Waals surface area contributed by atoms with Crippen LogP contribution in [0.1, 0.15) is 12.1 Å². The van der Waals surface area contributed by atoms with Gasteiger partial charge in [0.05, 0.1) is 26.5 Å². The zero-order valence-corrected chi connectivity index (χ0v) is 18.6. The molecule has 8 nitrogen and oxygen atoms in total. The third kappa shape index (κ3) is 4.00. The van der Waals surface area contributed by atoms with Crippen molar-refractivity contribution in [2.24, 2.45) is 0 Å². The van der Waals surface area contributed by atoms with E-state index in [1.165, 1.54) is 18.3 Å². The lowest BCUT2D eigenvalue weighted by Gasteiger charge is -2.24. The summed E-state index contributed by atoms with van der Waals surface area (Å²) in [5.74, 6) is -0.654. The highest BCUT2D eigenvalue weighted by Crippen LogP contribution is 2.35. The molecule has 0 spiro atoms. The molecule has 0 aliphatic carbocycles. The van der Waals surface area contributed by atoms with Crippen LogP contribution in [-0.2, 0) is 14.6 Å². The van der Waals surface area contributed by atoms with Gasteiger partial charge in [0.2, 0.25) is 0 Å². The van der Waals surface area contributed by atoms with Gasteiger partial charge in [-0.15, -0.1) is 0 Å². The van der Waals surface area contributed by atoms with Gasteiger partial charge in [-0.25, -0.2) is 22.9 Å². The van der Waals surface area contributed by atoms with Gasteiger partial charge in [-0.3, -0.25) is 0 Å². The molecule has 0 amide bonds. The zero-order valence-electron chi connectivity index (χ0n) is 16.3. The molecule has 4 rings (SSSR count). The van der Waals surface area contributed by atoms with Gasteiger partial charge in [0.15, 0.2) is 9.84 Å². The number of benzene rings is 1. The fraction of sp³-hybridized carbons (Fsp3) is 0.250. The van der Waals surface area contributed by atoms with E-state index in [1.807, 2.05) is 0 Å². The molecule has 1 N–H and O–H groups in total. The van der Waals surface area contributed by atoms with Crippen LogP contribution in [0.4, 0.5) is 5.82 Å². The number of carbonyl (C=O) groups is 1. The first-order valence-electron chi connectivity index (χ1n) is 9.35. The Labute approximate surface area is 189 Å². The third-order valence-corrected chi connectivity index (χ3v) is 8.03. The average molecular weight is 481 g/mol. The predicted molar refractivity (Wildman–Crippen MR) is 117 cm³/mol. The fourth-order valence-corrected chi connectivity index (χ4v) is 6.16. The summed E-state index contributed by atoms with van der Waals surface area (Å²) in [6.45, 7) is 1.75. The molecule has 3 heterocycles. The number of aromatic nitrogens is 3. The van der Waals surface area contributed by atoms with E-state index in [0.29, 0.717) is 17.2 Å². The van der Waals surface area contributed by atoms with Crippen molar-refractivity contribution in [1.82, 2.24) is 14.8 Å². The first kappa shape index (κ1) is 21.6. The summed E-state index contributed by atoms with van der Waals surface area (Å²) in [5, 5.41) is 13.7. The van der Waals surface area contributed by atoms with Gasteiger partial charge in [-0.1, -0.05) is 35.3 Å². The zero-order chi connectivity index (χ0) is 22.3. The molecule has 162 valence electrons. The van der Waals surface area contributed by atoms with E-state index in [9.17, 15) is 18.3 Å². The standard InChI is InChI=1S/C20H18Cl2N4O4S/c1-12-8-19(26(24-12)13-6-7-23-18(22)9-13)25-11-14(10-16(25)20(27)28)31(29,30)17-5-3-2-4-15(17)21/h2-9,14,16H,10-11H2,1H3,(H,27,28)/t14-,16+/m1/s1. The Morgan fingerprint density at radius 1 is 1.19 bits per heavy atom. The highest BCUT2D eigenvalue weighted by atomic mass is 35.5. The Morgan fingerprint density at radius 2 is 1.94 bits per heavy atom. The molecule has 2 atom stereocenters. The van der Waals surface area contributed by atoms with E-state index < -0.39 is 27.1 Å². The Hall–Kier alpha value is -2.62. The summed E-state index contributed by atoms with van der Waals surface area (Å²) in [7, 11) is -3.85. The van der Waals surface area contributed by atoms with Crippen LogP contribution < -0.4 is 4.90 Å². The number of aryl methyl sites for hydroxylation is 1. The molecule has 1 fully saturated rings. The number of aliphatic carboxylic acids is 1. The molecule has 1 saturated heterocycles. The van der Waals surface area contributed by atoms with Crippen LogP contribution >= 0.6 is 23.2 Å². The number of carboxylic acids is 1. The van der Waals surface area contributed by atoms with Crippen LogP contribution in [0.15, 0.2) is 53.6 Å². The van der Waals surface area contributed by atoms with Crippen molar-refractivity contribution < 1.29 is 18.3 Å². The quantitative estimate of drug-likeness (QED) is 0.557. The minimum atomic E-state index is -3.85. The summed E-state index contributed by atoms with van der Waals surface area (Å²) in [5.41, 5.74) is 1.23. The summed E-state index contributed by atoms with van der Waals surface area (Å²) in [6.07, 6.45) is 1.44. The van der Waals surface area contributed by atoms with E-state index in [2.05, 4.69) is 10.1 Å². The van der Waals surface area contributed by atoms with E-state index >= 15 is 0 Å². The van der Waals surface area contributed by atoms with Crippen LogP contribution in [0, 0.1) is 6.92 Å². The molecule has 3 aromatic rings. The van der Waals surface area contributed by atoms with Gasteiger partial charge in [0.25, 0.3) is 0 Å². The van der Waals surface area contributed by atoms with E-state index in [0.717, 1.165) is 0 Å². The van der Waals surface area contributed by atoms with Gasteiger partial charge >= 0.3 is 5.97 Å². The molecular formula is C20H18Cl2N4O4S. The maximum Gasteiger partial charge on any atom is 0.326 e. The number of anilines is 1. The van der Waals surface area contributed by atoms with Gasteiger partial charge in [0, 0.05) is 24.9 Å². The average Bonchev–Trinajstić information content (AvgIpc) is 3.32. The number of halogens is 2. The lowest BCUT2D eigenvalue weighted by atomic mass is 10.2. The Morgan fingerprint density at radius 3 is 2.61 bits per heavy atom. The minimum Gasteiger partial charge on any atom is -0.480 e. The van der Waals surface area contributed by atoms with Gasteiger partial charge in [0.1, 0.15) is 17.0 Å². The minimum absolute atomic E-state index is 0.00161. The number of hydrogen-bond donors (Lipinski definition) is 1. The Balaban J connectivity index is 1.76. The topological polar surface area (TPSA) is 105 Å². The molecule has 0 saturated carbocycles. The summed E-state index contributed by atoms with van der Waals surface area (Å²) >= 11 is 12.1. The molecule has 2 aromatic heterocycles. The number of pyridine rings is 1. The summed E-state index contributed by atoms with van der Waals surface area (Å²) < 4.78 is 28.1. The van der Waals surface area contributed by atoms with E-state index in [4.69, 9.17) is 23.2 Å².